The van der Waals surface area contributed by atoms with Crippen LogP contribution in [-0.2, 0) is 32.1 Å². The quantitative estimate of drug-likeness (QED) is 0.411. The number of carbonyl (C=O) groups is 2. The maximum absolute atomic E-state index is 13.9. The zero-order chi connectivity index (χ0) is 23.8. The van der Waals surface area contributed by atoms with Crippen LogP contribution in [0.2, 0.25) is 0 Å². The largest absolute Gasteiger partial charge is 0.358 e. The number of nitrogens with zero attached hydrogens (tertiary/aromatic N) is 1. The Hall–Kier alpha value is -2.54. The van der Waals surface area contributed by atoms with E-state index in [0.29, 0.717) is 25.7 Å². The van der Waals surface area contributed by atoms with Crippen LogP contribution in [0.1, 0.15) is 51.2 Å². The summed E-state index contributed by atoms with van der Waals surface area (Å²) >= 11 is 0. The summed E-state index contributed by atoms with van der Waals surface area (Å²) < 4.78 is 12.0. The van der Waals surface area contributed by atoms with Crippen LogP contribution in [0.15, 0.2) is 60.7 Å². The van der Waals surface area contributed by atoms with Crippen molar-refractivity contribution in [2.45, 2.75) is 77.2 Å². The molecule has 1 fully saturated rings. The second-order valence-electron chi connectivity index (χ2n) is 9.21. The van der Waals surface area contributed by atoms with E-state index in [1.54, 1.807) is 4.90 Å². The predicted molar refractivity (Wildman–Crippen MR) is 128 cm³/mol. The van der Waals surface area contributed by atoms with Gasteiger partial charge in [0.1, 0.15) is 6.23 Å². The number of amides is 1. The second-order valence-corrected chi connectivity index (χ2v) is 9.21. The van der Waals surface area contributed by atoms with Gasteiger partial charge < -0.3 is 20.1 Å². The summed E-state index contributed by atoms with van der Waals surface area (Å²) in [5.41, 5.74) is 7.82. The Bertz CT molecular complexity index is 888. The maximum Gasteiger partial charge on any atom is 0.232 e. The van der Waals surface area contributed by atoms with Gasteiger partial charge in [-0.05, 0) is 37.8 Å². The van der Waals surface area contributed by atoms with Crippen molar-refractivity contribution in [3.63, 3.8) is 0 Å². The fraction of sp³-hybridized carbons (Fsp3) is 0.481. The van der Waals surface area contributed by atoms with Crippen molar-refractivity contribution in [3.05, 3.63) is 71.8 Å². The van der Waals surface area contributed by atoms with Crippen molar-refractivity contribution in [2.75, 3.05) is 0 Å². The fourth-order valence-electron chi connectivity index (χ4n) is 4.44. The molecule has 1 amide bonds. The summed E-state index contributed by atoms with van der Waals surface area (Å²) in [6.07, 6.45) is 1.94. The highest BCUT2D eigenvalue weighted by molar-refractivity contribution is 5.83. The van der Waals surface area contributed by atoms with Crippen molar-refractivity contribution in [2.24, 2.45) is 11.7 Å². The van der Waals surface area contributed by atoms with Gasteiger partial charge in [-0.25, -0.2) is 0 Å². The van der Waals surface area contributed by atoms with Crippen LogP contribution in [0.5, 0.6) is 0 Å². The Morgan fingerprint density at radius 1 is 1.12 bits per heavy atom. The molecule has 1 saturated heterocycles. The average Bonchev–Trinajstić information content (AvgIpc) is 3.08. The van der Waals surface area contributed by atoms with Gasteiger partial charge >= 0.3 is 0 Å². The highest BCUT2D eigenvalue weighted by Crippen LogP contribution is 2.36. The van der Waals surface area contributed by atoms with Crippen molar-refractivity contribution >= 4 is 12.2 Å². The highest BCUT2D eigenvalue weighted by atomic mass is 16.5. The summed E-state index contributed by atoms with van der Waals surface area (Å²) in [5.74, 6) is -0.750. The monoisotopic (exact) mass is 452 g/mol. The molecule has 2 N–H and O–H groups in total. The molecule has 4 atom stereocenters. The number of ether oxygens (including phenoxy) is 2. The molecule has 3 rings (SSSR count). The van der Waals surface area contributed by atoms with Crippen molar-refractivity contribution < 1.29 is 19.1 Å². The van der Waals surface area contributed by atoms with Gasteiger partial charge in [0.25, 0.3) is 0 Å². The molecule has 33 heavy (non-hydrogen) atoms. The first-order valence-corrected chi connectivity index (χ1v) is 11.8. The van der Waals surface area contributed by atoms with Gasteiger partial charge in [-0.2, -0.15) is 0 Å². The van der Waals surface area contributed by atoms with E-state index in [-0.39, 0.29) is 11.9 Å². The van der Waals surface area contributed by atoms with E-state index in [4.69, 9.17) is 15.2 Å². The standard InChI is InChI=1S/C27H36N2O4/c1-4-5-16-22(25(28)32-19-21-14-10-7-11-15-21)26(31)29-23(17-20-12-8-6-9-13-20)27(2,3)33-24(29)18-30/h6-15,18,22-25H,4-5,16-17,19,28H2,1-3H3/t22?,23-,24?,25?/m0/s1. The first-order valence-electron chi connectivity index (χ1n) is 11.8. The Kier molecular flexibility index (Phi) is 8.78. The SMILES string of the molecule is CCCCC(C(=O)N1C(C=O)OC(C)(C)[C@@H]1Cc1ccccc1)C(N)OCc1ccccc1. The van der Waals surface area contributed by atoms with Crippen LogP contribution < -0.4 is 5.73 Å². The fourth-order valence-corrected chi connectivity index (χ4v) is 4.44. The summed E-state index contributed by atoms with van der Waals surface area (Å²) in [6, 6.07) is 19.4. The lowest BCUT2D eigenvalue weighted by Gasteiger charge is -2.34. The Morgan fingerprint density at radius 2 is 1.73 bits per heavy atom. The average molecular weight is 453 g/mol. The highest BCUT2D eigenvalue weighted by Gasteiger charge is 2.51. The van der Waals surface area contributed by atoms with Crippen LogP contribution in [-0.4, -0.2) is 41.2 Å². The third-order valence-electron chi connectivity index (χ3n) is 6.35. The smallest absolute Gasteiger partial charge is 0.232 e. The first-order chi connectivity index (χ1) is 15.9. The molecule has 0 radical (unpaired) electrons. The first kappa shape index (κ1) is 25.1. The Balaban J connectivity index is 1.83. The summed E-state index contributed by atoms with van der Waals surface area (Å²) in [6.45, 7) is 6.26. The number of carbonyl (C=O) groups excluding carboxylic acids is 2. The number of unbranched alkanes of at least 4 members (excludes halogenated alkanes) is 1. The van der Waals surface area contributed by atoms with Crippen molar-refractivity contribution in [1.82, 2.24) is 4.90 Å². The Morgan fingerprint density at radius 3 is 2.30 bits per heavy atom. The topological polar surface area (TPSA) is 81.9 Å². The number of nitrogens with two attached hydrogens (primary N) is 1. The minimum absolute atomic E-state index is 0.187. The van der Waals surface area contributed by atoms with E-state index in [1.807, 2.05) is 74.5 Å². The summed E-state index contributed by atoms with van der Waals surface area (Å²) in [4.78, 5) is 27.4. The zero-order valence-corrected chi connectivity index (χ0v) is 19.9. The zero-order valence-electron chi connectivity index (χ0n) is 19.9. The number of hydrogen-bond acceptors (Lipinski definition) is 5. The molecule has 0 aromatic heterocycles. The molecule has 1 aliphatic heterocycles. The molecule has 1 heterocycles. The molecular formula is C27H36N2O4. The molecule has 0 aliphatic carbocycles. The molecule has 2 aromatic rings. The molecule has 2 aromatic carbocycles. The van der Waals surface area contributed by atoms with Crippen LogP contribution in [0.3, 0.4) is 0 Å². The lowest BCUT2D eigenvalue weighted by atomic mass is 9.90. The van der Waals surface area contributed by atoms with Crippen molar-refractivity contribution in [1.29, 1.82) is 0 Å². The van der Waals surface area contributed by atoms with Gasteiger partial charge in [-0.15, -0.1) is 0 Å². The van der Waals surface area contributed by atoms with E-state index in [1.165, 1.54) is 0 Å². The number of rotatable bonds is 11. The summed E-state index contributed by atoms with van der Waals surface area (Å²) in [5, 5.41) is 0. The van der Waals surface area contributed by atoms with Crippen LogP contribution in [0.4, 0.5) is 0 Å². The van der Waals surface area contributed by atoms with Gasteiger partial charge in [0.15, 0.2) is 12.5 Å². The third kappa shape index (κ3) is 6.28. The van der Waals surface area contributed by atoms with Crippen LogP contribution >= 0.6 is 0 Å². The van der Waals surface area contributed by atoms with Gasteiger partial charge in [-0.1, -0.05) is 80.4 Å². The number of aldehydes is 1. The molecule has 0 spiro atoms. The number of benzene rings is 2. The molecule has 178 valence electrons. The predicted octanol–water partition coefficient (Wildman–Crippen LogP) is 4.07. The van der Waals surface area contributed by atoms with Gasteiger partial charge in [0, 0.05) is 0 Å². The van der Waals surface area contributed by atoms with E-state index in [2.05, 4.69) is 6.92 Å². The van der Waals surface area contributed by atoms with Gasteiger partial charge in [0.2, 0.25) is 5.91 Å². The minimum Gasteiger partial charge on any atom is -0.358 e. The van der Waals surface area contributed by atoms with E-state index in [0.717, 1.165) is 24.0 Å². The third-order valence-corrected chi connectivity index (χ3v) is 6.35. The summed E-state index contributed by atoms with van der Waals surface area (Å²) in [7, 11) is 0. The maximum atomic E-state index is 13.9. The minimum atomic E-state index is -0.938. The van der Waals surface area contributed by atoms with Crippen LogP contribution in [0, 0.1) is 5.92 Å². The Labute approximate surface area is 197 Å². The lowest BCUT2D eigenvalue weighted by molar-refractivity contribution is -0.152. The van der Waals surface area contributed by atoms with E-state index >= 15 is 0 Å². The van der Waals surface area contributed by atoms with Gasteiger partial charge in [-0.3, -0.25) is 9.59 Å². The molecule has 3 unspecified atom stereocenters. The van der Waals surface area contributed by atoms with E-state index < -0.39 is 24.0 Å². The van der Waals surface area contributed by atoms with Gasteiger partial charge in [0.05, 0.1) is 24.2 Å². The number of hydrogen-bond donors (Lipinski definition) is 1. The molecule has 0 bridgehead atoms. The molecule has 1 aliphatic rings. The van der Waals surface area contributed by atoms with Crippen molar-refractivity contribution in [3.8, 4) is 0 Å². The molecular weight excluding hydrogens is 416 g/mol. The molecule has 0 saturated carbocycles. The lowest BCUT2D eigenvalue weighted by Crippen LogP contribution is -2.53. The molecule has 6 nitrogen and oxygen atoms in total. The van der Waals surface area contributed by atoms with E-state index in [9.17, 15) is 9.59 Å². The normalized spacial score (nSPS) is 21.5. The molecule has 6 heteroatoms. The second kappa shape index (κ2) is 11.5. The van der Waals surface area contributed by atoms with Crippen LogP contribution in [0.25, 0.3) is 0 Å².